The summed E-state index contributed by atoms with van der Waals surface area (Å²) in [5.41, 5.74) is 4.11. The number of carbonyl (C=O) groups is 1. The molecule has 0 aliphatic carbocycles. The summed E-state index contributed by atoms with van der Waals surface area (Å²) in [6, 6.07) is 3.28. The van der Waals surface area contributed by atoms with E-state index in [0.29, 0.717) is 0 Å². The molecule has 0 fully saturated rings. The van der Waals surface area contributed by atoms with Crippen LogP contribution in [-0.4, -0.2) is 29.9 Å². The third kappa shape index (κ3) is 2.85. The number of carboxylic acid groups (broad SMARTS) is 1. The van der Waals surface area contributed by atoms with E-state index in [0.717, 1.165) is 12.1 Å². The Morgan fingerprint density at radius 3 is 2.47 bits per heavy atom. The van der Waals surface area contributed by atoms with Gasteiger partial charge in [0.15, 0.2) is 0 Å². The molecular weight excluding hydrogens is 222 g/mol. The van der Waals surface area contributed by atoms with E-state index in [1.807, 2.05) is 0 Å². The molecule has 1 aromatic rings. The summed E-state index contributed by atoms with van der Waals surface area (Å²) >= 11 is 5.45. The Hall–Kier alpha value is -0.763. The number of nitrogens with two attached hydrogens (primary N) is 1. The van der Waals surface area contributed by atoms with Crippen molar-refractivity contribution >= 4 is 42.1 Å². The van der Waals surface area contributed by atoms with E-state index in [2.05, 4.69) is 0 Å². The van der Waals surface area contributed by atoms with Crippen molar-refractivity contribution in [2.24, 2.45) is 0 Å². The van der Waals surface area contributed by atoms with E-state index >= 15 is 0 Å². The van der Waals surface area contributed by atoms with Gasteiger partial charge < -0.3 is 10.8 Å². The number of hydrogen-bond donors (Lipinski definition) is 2. The SMILES string of the molecule is Nc1ccc(Cl)cc1C(F)(F)C(=O)O.[LiH]. The molecule has 0 saturated heterocycles. The van der Waals surface area contributed by atoms with Gasteiger partial charge in [-0.3, -0.25) is 0 Å². The van der Waals surface area contributed by atoms with Crippen molar-refractivity contribution in [3.05, 3.63) is 28.8 Å². The molecule has 3 nitrogen and oxygen atoms in total. The molecule has 15 heavy (non-hydrogen) atoms. The predicted molar refractivity (Wildman–Crippen MR) is 54.5 cm³/mol. The van der Waals surface area contributed by atoms with Crippen molar-refractivity contribution < 1.29 is 18.7 Å². The zero-order valence-corrected chi connectivity index (χ0v) is 7.55. The van der Waals surface area contributed by atoms with Crippen LogP contribution in [0.1, 0.15) is 5.56 Å². The van der Waals surface area contributed by atoms with Gasteiger partial charge in [-0.2, -0.15) is 8.78 Å². The molecule has 0 aliphatic rings. The Kier molecular flexibility index (Phi) is 4.59. The van der Waals surface area contributed by atoms with Crippen LogP contribution in [0.5, 0.6) is 0 Å². The van der Waals surface area contributed by atoms with E-state index in [-0.39, 0.29) is 29.6 Å². The molecule has 1 aromatic carbocycles. The second kappa shape index (κ2) is 4.84. The van der Waals surface area contributed by atoms with Gasteiger partial charge in [0.05, 0.1) is 5.56 Å². The van der Waals surface area contributed by atoms with Crippen molar-refractivity contribution in [3.8, 4) is 0 Å². The van der Waals surface area contributed by atoms with Crippen molar-refractivity contribution in [2.75, 3.05) is 5.73 Å². The van der Waals surface area contributed by atoms with Gasteiger partial charge in [-0.1, -0.05) is 11.6 Å². The number of aliphatic carboxylic acids is 1. The fourth-order valence-corrected chi connectivity index (χ4v) is 1.09. The minimum absolute atomic E-state index is 0. The monoisotopic (exact) mass is 229 g/mol. The number of anilines is 1. The van der Waals surface area contributed by atoms with Gasteiger partial charge in [-0.05, 0) is 18.2 Å². The minimum atomic E-state index is -4.02. The average molecular weight is 230 g/mol. The van der Waals surface area contributed by atoms with E-state index in [1.54, 1.807) is 0 Å². The van der Waals surface area contributed by atoms with Crippen molar-refractivity contribution in [1.82, 2.24) is 0 Å². The molecule has 7 heteroatoms. The van der Waals surface area contributed by atoms with Crippen LogP contribution < -0.4 is 5.73 Å². The molecule has 0 bridgehead atoms. The van der Waals surface area contributed by atoms with Crippen LogP contribution >= 0.6 is 11.6 Å². The third-order valence-corrected chi connectivity index (χ3v) is 1.86. The fraction of sp³-hybridized carbons (Fsp3) is 0.125. The Morgan fingerprint density at radius 2 is 2.00 bits per heavy atom. The Labute approximate surface area is 101 Å². The summed E-state index contributed by atoms with van der Waals surface area (Å²) in [6.07, 6.45) is 0. The van der Waals surface area contributed by atoms with Crippen LogP contribution in [0.25, 0.3) is 0 Å². The van der Waals surface area contributed by atoms with Crippen molar-refractivity contribution in [2.45, 2.75) is 5.92 Å². The Balaban J connectivity index is 0.00000196. The maximum absolute atomic E-state index is 13.0. The van der Waals surface area contributed by atoms with Gasteiger partial charge in [0, 0.05) is 10.7 Å². The molecule has 0 amide bonds. The number of halogens is 3. The molecule has 0 unspecified atom stereocenters. The normalized spacial score (nSPS) is 10.6. The molecule has 0 radical (unpaired) electrons. The number of nitrogen functional groups attached to an aromatic ring is 1. The molecule has 3 N–H and O–H groups in total. The van der Waals surface area contributed by atoms with Crippen LogP contribution in [0.3, 0.4) is 0 Å². The first-order valence-corrected chi connectivity index (χ1v) is 3.90. The van der Waals surface area contributed by atoms with Crippen LogP contribution in [0.15, 0.2) is 18.2 Å². The molecule has 78 valence electrons. The van der Waals surface area contributed by atoms with Gasteiger partial charge in [0.2, 0.25) is 0 Å². The number of rotatable bonds is 2. The van der Waals surface area contributed by atoms with Crippen molar-refractivity contribution in [3.63, 3.8) is 0 Å². The summed E-state index contributed by atoms with van der Waals surface area (Å²) in [5, 5.41) is 8.27. The zero-order valence-electron chi connectivity index (χ0n) is 6.80. The summed E-state index contributed by atoms with van der Waals surface area (Å²) in [6.45, 7) is 0. The predicted octanol–water partition coefficient (Wildman–Crippen LogP) is 1.45. The van der Waals surface area contributed by atoms with Crippen LogP contribution in [0.2, 0.25) is 5.02 Å². The van der Waals surface area contributed by atoms with E-state index in [9.17, 15) is 13.6 Å². The van der Waals surface area contributed by atoms with E-state index in [1.165, 1.54) is 6.07 Å². The number of benzene rings is 1. The Morgan fingerprint density at radius 1 is 1.47 bits per heavy atom. The second-order valence-electron chi connectivity index (χ2n) is 2.61. The number of carboxylic acids is 1. The quantitative estimate of drug-likeness (QED) is 0.596. The average Bonchev–Trinajstić information content (AvgIpc) is 2.08. The molecule has 1 rings (SSSR count). The first kappa shape index (κ1) is 14.2. The standard InChI is InChI=1S/C8H6ClF2NO2.Li.H/c9-4-1-2-6(12)5(3-4)8(10,11)7(13)14;;/h1-3H,12H2,(H,13,14);;. The molecule has 0 atom stereocenters. The van der Waals surface area contributed by atoms with Gasteiger partial charge in [0.25, 0.3) is 0 Å². The summed E-state index contributed by atoms with van der Waals surface area (Å²) in [5.74, 6) is -6.28. The van der Waals surface area contributed by atoms with Crippen LogP contribution in [0.4, 0.5) is 14.5 Å². The van der Waals surface area contributed by atoms with Crippen LogP contribution in [-0.2, 0) is 10.7 Å². The van der Waals surface area contributed by atoms with Crippen LogP contribution in [0, 0.1) is 0 Å². The van der Waals surface area contributed by atoms with Gasteiger partial charge in [-0.15, -0.1) is 0 Å². The Bertz CT molecular complexity index is 387. The molecular formula is C8H7ClF2LiNO2. The summed E-state index contributed by atoms with van der Waals surface area (Å²) < 4.78 is 26.0. The van der Waals surface area contributed by atoms with Gasteiger partial charge in [-0.25, -0.2) is 4.79 Å². The third-order valence-electron chi connectivity index (χ3n) is 1.62. The van der Waals surface area contributed by atoms with Gasteiger partial charge in [0.1, 0.15) is 0 Å². The molecule has 0 aliphatic heterocycles. The topological polar surface area (TPSA) is 63.3 Å². The number of alkyl halides is 2. The maximum atomic E-state index is 13.0. The molecule has 0 heterocycles. The number of hydrogen-bond acceptors (Lipinski definition) is 2. The first-order valence-electron chi connectivity index (χ1n) is 3.52. The summed E-state index contributed by atoms with van der Waals surface area (Å²) in [4.78, 5) is 10.2. The van der Waals surface area contributed by atoms with E-state index < -0.39 is 17.5 Å². The molecule has 0 spiro atoms. The van der Waals surface area contributed by atoms with Gasteiger partial charge >= 0.3 is 30.8 Å². The molecule has 0 aromatic heterocycles. The second-order valence-corrected chi connectivity index (χ2v) is 3.05. The van der Waals surface area contributed by atoms with E-state index in [4.69, 9.17) is 22.4 Å². The fourth-order valence-electron chi connectivity index (χ4n) is 0.916. The molecule has 0 saturated carbocycles. The first-order chi connectivity index (χ1) is 6.35. The summed E-state index contributed by atoms with van der Waals surface area (Å²) in [7, 11) is 0. The zero-order chi connectivity index (χ0) is 10.9. The van der Waals surface area contributed by atoms with Crippen molar-refractivity contribution in [1.29, 1.82) is 0 Å².